The molecule has 4 rings (SSSR count). The van der Waals surface area contributed by atoms with Gasteiger partial charge in [-0.25, -0.2) is 4.79 Å². The molecule has 2 aliphatic rings. The van der Waals surface area contributed by atoms with Gasteiger partial charge in [0.15, 0.2) is 18.1 Å². The van der Waals surface area contributed by atoms with Gasteiger partial charge >= 0.3 is 5.97 Å². The number of rotatable bonds is 6. The molecular formula is C23H27N5O4. The molecule has 0 atom stereocenters. The molecule has 1 N–H and O–H groups in total. The fourth-order valence-electron chi connectivity index (χ4n) is 4.00. The molecule has 0 spiro atoms. The number of ether oxygens (including phenoxy) is 1. The molecule has 9 heteroatoms. The van der Waals surface area contributed by atoms with Crippen LogP contribution in [-0.4, -0.2) is 65.7 Å². The third kappa shape index (κ3) is 5.40. The first-order chi connectivity index (χ1) is 15.6. The Balaban J connectivity index is 1.20. The number of aromatic nitrogens is 2. The highest BCUT2D eigenvalue weighted by molar-refractivity contribution is 5.93. The third-order valence-electron chi connectivity index (χ3n) is 5.88. The summed E-state index contributed by atoms with van der Waals surface area (Å²) in [6.45, 7) is 2.44. The highest BCUT2D eigenvalue weighted by Crippen LogP contribution is 2.20. The minimum atomic E-state index is -0.670. The lowest BCUT2D eigenvalue weighted by Crippen LogP contribution is -2.43. The number of anilines is 2. The normalized spacial score (nSPS) is 16.6. The second-order valence-electron chi connectivity index (χ2n) is 8.06. The fraction of sp³-hybridized carbons (Fsp3) is 0.435. The van der Waals surface area contributed by atoms with E-state index in [0.29, 0.717) is 25.9 Å². The molecule has 0 saturated carbocycles. The second-order valence-corrected chi connectivity index (χ2v) is 8.06. The van der Waals surface area contributed by atoms with Gasteiger partial charge in [-0.05, 0) is 49.9 Å². The maximum absolute atomic E-state index is 12.4. The van der Waals surface area contributed by atoms with E-state index in [-0.39, 0.29) is 30.0 Å². The molecule has 1 aromatic carbocycles. The standard InChI is InChI=1S/C23H27N5O4/c29-21(16-32-23(31)19-8-9-20(26-25-19)27-12-4-5-13-27)28-14-10-17(11-15-28)22(30)24-18-6-2-1-3-7-18/h1-3,6-9,17H,4-5,10-16H2,(H,24,30). The lowest BCUT2D eigenvalue weighted by molar-refractivity contribution is -0.137. The van der Waals surface area contributed by atoms with Gasteiger partial charge < -0.3 is 19.9 Å². The van der Waals surface area contributed by atoms with Crippen molar-refractivity contribution < 1.29 is 19.1 Å². The Labute approximate surface area is 186 Å². The highest BCUT2D eigenvalue weighted by atomic mass is 16.5. The van der Waals surface area contributed by atoms with E-state index in [0.717, 1.165) is 37.4 Å². The number of para-hydroxylation sites is 1. The number of hydrogen-bond acceptors (Lipinski definition) is 7. The lowest BCUT2D eigenvalue weighted by Gasteiger charge is -2.31. The molecule has 1 aromatic heterocycles. The second kappa shape index (κ2) is 10.2. The molecule has 0 unspecified atom stereocenters. The van der Waals surface area contributed by atoms with Crippen molar-refractivity contribution in [2.75, 3.05) is 43.0 Å². The zero-order valence-electron chi connectivity index (χ0n) is 17.9. The molecule has 2 amide bonds. The van der Waals surface area contributed by atoms with E-state index in [1.54, 1.807) is 17.0 Å². The Morgan fingerprint density at radius 1 is 0.938 bits per heavy atom. The van der Waals surface area contributed by atoms with E-state index >= 15 is 0 Å². The summed E-state index contributed by atoms with van der Waals surface area (Å²) < 4.78 is 5.14. The van der Waals surface area contributed by atoms with Crippen molar-refractivity contribution in [3.63, 3.8) is 0 Å². The summed E-state index contributed by atoms with van der Waals surface area (Å²) in [5.74, 6) is -0.385. The van der Waals surface area contributed by atoms with Crippen molar-refractivity contribution in [1.82, 2.24) is 15.1 Å². The van der Waals surface area contributed by atoms with Crippen LogP contribution in [0.4, 0.5) is 11.5 Å². The van der Waals surface area contributed by atoms with Gasteiger partial charge in [0.25, 0.3) is 5.91 Å². The SMILES string of the molecule is O=C(OCC(=O)N1CCC(C(=O)Nc2ccccc2)CC1)c1ccc(N2CCCC2)nn1. The Morgan fingerprint density at radius 3 is 2.31 bits per heavy atom. The van der Waals surface area contributed by atoms with Gasteiger partial charge in [-0.15, -0.1) is 10.2 Å². The molecule has 3 heterocycles. The largest absolute Gasteiger partial charge is 0.451 e. The molecule has 0 bridgehead atoms. The maximum atomic E-state index is 12.4. The summed E-state index contributed by atoms with van der Waals surface area (Å²) in [6, 6.07) is 12.6. The van der Waals surface area contributed by atoms with Crippen LogP contribution >= 0.6 is 0 Å². The van der Waals surface area contributed by atoms with Crippen LogP contribution < -0.4 is 10.2 Å². The smallest absolute Gasteiger partial charge is 0.359 e. The third-order valence-corrected chi connectivity index (χ3v) is 5.88. The van der Waals surface area contributed by atoms with Crippen LogP contribution in [0, 0.1) is 5.92 Å². The molecule has 2 fully saturated rings. The van der Waals surface area contributed by atoms with Gasteiger partial charge in [0.1, 0.15) is 0 Å². The predicted octanol–water partition coefficient (Wildman–Crippen LogP) is 2.11. The number of amides is 2. The molecule has 0 aliphatic carbocycles. The topological polar surface area (TPSA) is 105 Å². The zero-order valence-corrected chi connectivity index (χ0v) is 17.9. The van der Waals surface area contributed by atoms with Crippen molar-refractivity contribution in [2.45, 2.75) is 25.7 Å². The number of carbonyl (C=O) groups excluding carboxylic acids is 3. The number of likely N-dealkylation sites (tertiary alicyclic amines) is 1. The van der Waals surface area contributed by atoms with Crippen LogP contribution in [0.1, 0.15) is 36.2 Å². The molecule has 32 heavy (non-hydrogen) atoms. The quantitative estimate of drug-likeness (QED) is 0.690. The summed E-state index contributed by atoms with van der Waals surface area (Å²) in [6.07, 6.45) is 3.40. The lowest BCUT2D eigenvalue weighted by atomic mass is 9.95. The molecule has 2 aliphatic heterocycles. The van der Waals surface area contributed by atoms with Crippen molar-refractivity contribution in [3.05, 3.63) is 48.2 Å². The van der Waals surface area contributed by atoms with Gasteiger partial charge in [0, 0.05) is 37.8 Å². The number of esters is 1. The minimum Gasteiger partial charge on any atom is -0.451 e. The van der Waals surface area contributed by atoms with E-state index in [1.165, 1.54) is 0 Å². The van der Waals surface area contributed by atoms with Crippen LogP contribution in [0.25, 0.3) is 0 Å². The molecule has 2 saturated heterocycles. The van der Waals surface area contributed by atoms with Crippen LogP contribution in [0.2, 0.25) is 0 Å². The maximum Gasteiger partial charge on any atom is 0.359 e. The number of carbonyl (C=O) groups is 3. The number of hydrogen-bond donors (Lipinski definition) is 1. The van der Waals surface area contributed by atoms with E-state index in [4.69, 9.17) is 4.74 Å². The molecule has 0 radical (unpaired) electrons. The van der Waals surface area contributed by atoms with E-state index in [1.807, 2.05) is 30.3 Å². The Kier molecular flexibility index (Phi) is 6.94. The molecule has 9 nitrogen and oxygen atoms in total. The van der Waals surface area contributed by atoms with Crippen LogP contribution in [0.15, 0.2) is 42.5 Å². The van der Waals surface area contributed by atoms with Gasteiger partial charge in [0.2, 0.25) is 5.91 Å². The summed E-state index contributed by atoms with van der Waals surface area (Å²) >= 11 is 0. The molecule has 2 aromatic rings. The Morgan fingerprint density at radius 2 is 1.66 bits per heavy atom. The molecular weight excluding hydrogens is 410 g/mol. The molecule has 168 valence electrons. The predicted molar refractivity (Wildman–Crippen MR) is 118 cm³/mol. The Bertz CT molecular complexity index is 937. The summed E-state index contributed by atoms with van der Waals surface area (Å²) in [5.41, 5.74) is 0.844. The summed E-state index contributed by atoms with van der Waals surface area (Å²) in [7, 11) is 0. The highest BCUT2D eigenvalue weighted by Gasteiger charge is 2.28. The minimum absolute atomic E-state index is 0.0364. The zero-order chi connectivity index (χ0) is 22.3. The van der Waals surface area contributed by atoms with Crippen molar-refractivity contribution in [1.29, 1.82) is 0 Å². The average molecular weight is 438 g/mol. The number of nitrogens with zero attached hydrogens (tertiary/aromatic N) is 4. The van der Waals surface area contributed by atoms with Crippen LogP contribution in [-0.2, 0) is 14.3 Å². The fourth-order valence-corrected chi connectivity index (χ4v) is 4.00. The van der Waals surface area contributed by atoms with E-state index in [2.05, 4.69) is 20.4 Å². The number of nitrogens with one attached hydrogen (secondary N) is 1. The van der Waals surface area contributed by atoms with Gasteiger partial charge in [-0.1, -0.05) is 18.2 Å². The van der Waals surface area contributed by atoms with Crippen molar-refractivity contribution in [3.8, 4) is 0 Å². The summed E-state index contributed by atoms with van der Waals surface area (Å²) in [5, 5.41) is 10.9. The van der Waals surface area contributed by atoms with Gasteiger partial charge in [-0.3, -0.25) is 9.59 Å². The van der Waals surface area contributed by atoms with Crippen molar-refractivity contribution >= 4 is 29.3 Å². The van der Waals surface area contributed by atoms with Crippen LogP contribution in [0.5, 0.6) is 0 Å². The number of piperidine rings is 1. The average Bonchev–Trinajstić information content (AvgIpc) is 3.38. The monoisotopic (exact) mass is 437 g/mol. The Hall–Kier alpha value is -3.49. The van der Waals surface area contributed by atoms with Gasteiger partial charge in [-0.2, -0.15) is 0 Å². The summed E-state index contributed by atoms with van der Waals surface area (Å²) in [4.78, 5) is 40.8. The van der Waals surface area contributed by atoms with E-state index < -0.39 is 5.97 Å². The van der Waals surface area contributed by atoms with E-state index in [9.17, 15) is 14.4 Å². The first kappa shape index (κ1) is 21.7. The van der Waals surface area contributed by atoms with Gasteiger partial charge in [0.05, 0.1) is 0 Å². The van der Waals surface area contributed by atoms with Crippen LogP contribution in [0.3, 0.4) is 0 Å². The first-order valence-electron chi connectivity index (χ1n) is 11.0. The first-order valence-corrected chi connectivity index (χ1v) is 11.0. The van der Waals surface area contributed by atoms with Crippen molar-refractivity contribution in [2.24, 2.45) is 5.92 Å². The number of benzene rings is 1.